The zero-order valence-corrected chi connectivity index (χ0v) is 7.20. The lowest BCUT2D eigenvalue weighted by molar-refractivity contribution is 0.0691. The van der Waals surface area contributed by atoms with Crippen LogP contribution in [-0.2, 0) is 0 Å². The first-order valence-electron chi connectivity index (χ1n) is 3.61. The number of aromatic nitrogens is 1. The maximum Gasteiger partial charge on any atom is 0.341 e. The molecule has 0 spiro atoms. The number of carboxylic acids is 1. The molecule has 1 aromatic heterocycles. The standard InChI is InChI=1S/C8H7F2NO3/c1-14-6-4(7(9)10)2-11-3-5(6)8(12)13/h2-3,7H,1H3,(H,12,13). The predicted molar refractivity (Wildman–Crippen MR) is 42.7 cm³/mol. The highest BCUT2D eigenvalue weighted by molar-refractivity contribution is 5.91. The molecule has 0 atom stereocenters. The van der Waals surface area contributed by atoms with Crippen LogP contribution in [0.1, 0.15) is 22.3 Å². The molecule has 0 aromatic carbocycles. The van der Waals surface area contributed by atoms with Crippen LogP contribution in [0, 0.1) is 0 Å². The van der Waals surface area contributed by atoms with E-state index in [2.05, 4.69) is 9.72 Å². The van der Waals surface area contributed by atoms with E-state index in [1.54, 1.807) is 0 Å². The molecule has 1 aromatic rings. The normalized spacial score (nSPS) is 10.3. The van der Waals surface area contributed by atoms with Crippen LogP contribution in [0.4, 0.5) is 8.78 Å². The summed E-state index contributed by atoms with van der Waals surface area (Å²) in [5.41, 5.74) is -0.891. The topological polar surface area (TPSA) is 59.4 Å². The van der Waals surface area contributed by atoms with E-state index in [1.807, 2.05) is 0 Å². The van der Waals surface area contributed by atoms with Crippen molar-refractivity contribution in [2.24, 2.45) is 0 Å². The van der Waals surface area contributed by atoms with Gasteiger partial charge in [0.25, 0.3) is 6.43 Å². The molecule has 0 amide bonds. The van der Waals surface area contributed by atoms with Gasteiger partial charge < -0.3 is 9.84 Å². The molecule has 1 N–H and O–H groups in total. The first-order chi connectivity index (χ1) is 6.57. The number of ether oxygens (including phenoxy) is 1. The van der Waals surface area contributed by atoms with Crippen LogP contribution in [-0.4, -0.2) is 23.2 Å². The summed E-state index contributed by atoms with van der Waals surface area (Å²) in [6.45, 7) is 0. The molecule has 0 bridgehead atoms. The maximum absolute atomic E-state index is 12.3. The van der Waals surface area contributed by atoms with Crippen molar-refractivity contribution in [1.82, 2.24) is 4.98 Å². The molecule has 4 nitrogen and oxygen atoms in total. The minimum Gasteiger partial charge on any atom is -0.495 e. The van der Waals surface area contributed by atoms with Crippen LogP contribution in [0.25, 0.3) is 0 Å². The van der Waals surface area contributed by atoms with Crippen LogP contribution in [0.5, 0.6) is 5.75 Å². The molecular formula is C8H7F2NO3. The van der Waals surface area contributed by atoms with Crippen LogP contribution in [0.15, 0.2) is 12.4 Å². The molecule has 14 heavy (non-hydrogen) atoms. The monoisotopic (exact) mass is 203 g/mol. The third-order valence-electron chi connectivity index (χ3n) is 1.59. The Labute approximate surface area is 78.1 Å². The van der Waals surface area contributed by atoms with Crippen molar-refractivity contribution in [1.29, 1.82) is 0 Å². The molecule has 0 saturated heterocycles. The summed E-state index contributed by atoms with van der Waals surface area (Å²) in [6.07, 6.45) is -0.958. The van der Waals surface area contributed by atoms with E-state index in [0.717, 1.165) is 19.5 Å². The predicted octanol–water partition coefficient (Wildman–Crippen LogP) is 1.73. The van der Waals surface area contributed by atoms with Crippen molar-refractivity contribution >= 4 is 5.97 Å². The number of alkyl halides is 2. The second-order valence-corrected chi connectivity index (χ2v) is 2.42. The van der Waals surface area contributed by atoms with Crippen molar-refractivity contribution in [3.05, 3.63) is 23.5 Å². The van der Waals surface area contributed by atoms with E-state index in [4.69, 9.17) is 5.11 Å². The average molecular weight is 203 g/mol. The van der Waals surface area contributed by atoms with E-state index in [-0.39, 0.29) is 11.3 Å². The molecule has 1 heterocycles. The van der Waals surface area contributed by atoms with Gasteiger partial charge >= 0.3 is 5.97 Å². The third-order valence-corrected chi connectivity index (χ3v) is 1.59. The van der Waals surface area contributed by atoms with E-state index in [1.165, 1.54) is 0 Å². The fourth-order valence-electron chi connectivity index (χ4n) is 1.00. The first-order valence-corrected chi connectivity index (χ1v) is 3.61. The van der Waals surface area contributed by atoms with Gasteiger partial charge in [0.05, 0.1) is 12.7 Å². The number of hydrogen-bond donors (Lipinski definition) is 1. The Balaban J connectivity index is 3.32. The second kappa shape index (κ2) is 3.99. The van der Waals surface area contributed by atoms with Gasteiger partial charge in [-0.05, 0) is 0 Å². The molecule has 0 aliphatic carbocycles. The fourth-order valence-corrected chi connectivity index (χ4v) is 1.00. The summed E-state index contributed by atoms with van der Waals surface area (Å²) in [7, 11) is 1.13. The molecule has 6 heteroatoms. The van der Waals surface area contributed by atoms with Crippen LogP contribution in [0.3, 0.4) is 0 Å². The minimum absolute atomic E-state index is 0.345. The Morgan fingerprint density at radius 2 is 2.21 bits per heavy atom. The third kappa shape index (κ3) is 1.78. The van der Waals surface area contributed by atoms with Gasteiger partial charge in [0, 0.05) is 12.4 Å². The molecule has 0 fully saturated rings. The number of aromatic carboxylic acids is 1. The Morgan fingerprint density at radius 3 is 2.64 bits per heavy atom. The number of pyridine rings is 1. The molecule has 0 saturated carbocycles. The maximum atomic E-state index is 12.3. The molecule has 76 valence electrons. The molecule has 0 aliphatic heterocycles. The Hall–Kier alpha value is -1.72. The Kier molecular flexibility index (Phi) is 2.95. The lowest BCUT2D eigenvalue weighted by Crippen LogP contribution is -2.04. The van der Waals surface area contributed by atoms with Crippen molar-refractivity contribution in [3.63, 3.8) is 0 Å². The van der Waals surface area contributed by atoms with Crippen molar-refractivity contribution in [2.75, 3.05) is 7.11 Å². The number of rotatable bonds is 3. The summed E-state index contributed by atoms with van der Waals surface area (Å²) in [4.78, 5) is 14.0. The van der Waals surface area contributed by atoms with Crippen molar-refractivity contribution < 1.29 is 23.4 Å². The van der Waals surface area contributed by atoms with E-state index >= 15 is 0 Å². The van der Waals surface area contributed by atoms with Gasteiger partial charge in [-0.2, -0.15) is 0 Å². The van der Waals surface area contributed by atoms with Gasteiger partial charge in [-0.15, -0.1) is 0 Å². The highest BCUT2D eigenvalue weighted by Gasteiger charge is 2.20. The van der Waals surface area contributed by atoms with Crippen molar-refractivity contribution in [2.45, 2.75) is 6.43 Å². The largest absolute Gasteiger partial charge is 0.495 e. The quantitative estimate of drug-likeness (QED) is 0.812. The number of carboxylic acid groups (broad SMARTS) is 1. The van der Waals surface area contributed by atoms with Gasteiger partial charge in [-0.25, -0.2) is 13.6 Å². The average Bonchev–Trinajstić information content (AvgIpc) is 2.16. The van der Waals surface area contributed by atoms with Crippen LogP contribution < -0.4 is 4.74 Å². The van der Waals surface area contributed by atoms with Gasteiger partial charge in [-0.3, -0.25) is 4.98 Å². The molecule has 0 aliphatic rings. The minimum atomic E-state index is -2.81. The number of hydrogen-bond acceptors (Lipinski definition) is 3. The number of carbonyl (C=O) groups is 1. The lowest BCUT2D eigenvalue weighted by Gasteiger charge is -2.09. The fraction of sp³-hybridized carbons (Fsp3) is 0.250. The van der Waals surface area contributed by atoms with Gasteiger partial charge in [-0.1, -0.05) is 0 Å². The van der Waals surface area contributed by atoms with Crippen LogP contribution >= 0.6 is 0 Å². The molecule has 0 unspecified atom stereocenters. The summed E-state index contributed by atoms with van der Waals surface area (Å²) >= 11 is 0. The van der Waals surface area contributed by atoms with Gasteiger partial charge in [0.15, 0.2) is 0 Å². The van der Waals surface area contributed by atoms with Crippen LogP contribution in [0.2, 0.25) is 0 Å². The first kappa shape index (κ1) is 10.4. The van der Waals surface area contributed by atoms with Gasteiger partial charge in [0.2, 0.25) is 0 Å². The molecular weight excluding hydrogens is 196 g/mol. The molecule has 0 radical (unpaired) electrons. The summed E-state index contributed by atoms with van der Waals surface area (Å²) in [6, 6.07) is 0. The van der Waals surface area contributed by atoms with E-state index < -0.39 is 18.0 Å². The van der Waals surface area contributed by atoms with E-state index in [9.17, 15) is 13.6 Å². The highest BCUT2D eigenvalue weighted by atomic mass is 19.3. The zero-order valence-electron chi connectivity index (χ0n) is 7.20. The van der Waals surface area contributed by atoms with Crippen molar-refractivity contribution in [3.8, 4) is 5.75 Å². The number of halogens is 2. The summed E-state index contributed by atoms with van der Waals surface area (Å²) in [5, 5.41) is 8.64. The SMILES string of the molecule is COc1c(C(=O)O)cncc1C(F)F. The van der Waals surface area contributed by atoms with E-state index in [0.29, 0.717) is 0 Å². The smallest absolute Gasteiger partial charge is 0.341 e. The van der Waals surface area contributed by atoms with Gasteiger partial charge in [0.1, 0.15) is 11.3 Å². The summed E-state index contributed by atoms with van der Waals surface area (Å²) in [5.74, 6) is -1.70. The summed E-state index contributed by atoms with van der Waals surface area (Å²) < 4.78 is 29.3. The lowest BCUT2D eigenvalue weighted by atomic mass is 10.2. The highest BCUT2D eigenvalue weighted by Crippen LogP contribution is 2.30. The Morgan fingerprint density at radius 1 is 1.57 bits per heavy atom. The number of nitrogens with zero attached hydrogens (tertiary/aromatic N) is 1. The Bertz CT molecular complexity index is 354. The number of methoxy groups -OCH3 is 1. The zero-order chi connectivity index (χ0) is 10.7. The second-order valence-electron chi connectivity index (χ2n) is 2.42. The molecule has 1 rings (SSSR count).